The van der Waals surface area contributed by atoms with Crippen molar-refractivity contribution in [2.75, 3.05) is 11.5 Å². The van der Waals surface area contributed by atoms with Crippen molar-refractivity contribution in [3.05, 3.63) is 0 Å². The van der Waals surface area contributed by atoms with Crippen LogP contribution in [0.5, 0.6) is 0 Å². The molecule has 1 aliphatic heterocycles. The summed E-state index contributed by atoms with van der Waals surface area (Å²) in [6.07, 6.45) is 2.21. The second kappa shape index (κ2) is 2.91. The average Bonchev–Trinajstić information content (AvgIpc) is 2.12. The molecule has 0 spiro atoms. The molecule has 1 aliphatic rings. The van der Waals surface area contributed by atoms with Crippen LogP contribution in [0.2, 0.25) is 0 Å². The van der Waals surface area contributed by atoms with Gasteiger partial charge in [-0.25, -0.2) is 8.57 Å². The van der Waals surface area contributed by atoms with E-state index in [-0.39, 0.29) is 6.04 Å². The molecule has 0 aromatic rings. The molecule has 0 unspecified atom stereocenters. The fraction of sp³-hybridized carbons (Fsp3) is 1.00. The van der Waals surface area contributed by atoms with Gasteiger partial charge in [0, 0.05) is 21.2 Å². The second-order valence-electron chi connectivity index (χ2n) is 3.09. The van der Waals surface area contributed by atoms with E-state index < -0.39 is 9.73 Å². The quantitative estimate of drug-likeness (QED) is 0.575. The standard InChI is InChI=1S/C7H15NOS/c1-7(2)8-10(9)5-3-4-6-10/h7H,3-6H2,1-2H3. The van der Waals surface area contributed by atoms with Gasteiger partial charge in [0.2, 0.25) is 0 Å². The van der Waals surface area contributed by atoms with E-state index >= 15 is 0 Å². The van der Waals surface area contributed by atoms with Gasteiger partial charge < -0.3 is 0 Å². The molecule has 0 atom stereocenters. The van der Waals surface area contributed by atoms with Gasteiger partial charge in [0.15, 0.2) is 0 Å². The molecule has 0 bridgehead atoms. The van der Waals surface area contributed by atoms with Crippen LogP contribution in [-0.4, -0.2) is 21.8 Å². The van der Waals surface area contributed by atoms with E-state index in [9.17, 15) is 4.21 Å². The SMILES string of the molecule is CC(C)N=S1(=O)CCCC1. The molecule has 1 heterocycles. The van der Waals surface area contributed by atoms with Crippen LogP contribution >= 0.6 is 0 Å². The van der Waals surface area contributed by atoms with Crippen LogP contribution in [0.25, 0.3) is 0 Å². The Morgan fingerprint density at radius 1 is 1.30 bits per heavy atom. The first-order chi connectivity index (χ1) is 4.62. The van der Waals surface area contributed by atoms with Crippen LogP contribution < -0.4 is 0 Å². The zero-order valence-electron chi connectivity index (χ0n) is 6.67. The Balaban J connectivity index is 2.76. The summed E-state index contributed by atoms with van der Waals surface area (Å²) in [4.78, 5) is 0. The first kappa shape index (κ1) is 8.05. The van der Waals surface area contributed by atoms with Gasteiger partial charge in [-0.05, 0) is 26.7 Å². The molecule has 0 amide bonds. The van der Waals surface area contributed by atoms with Gasteiger partial charge in [-0.1, -0.05) is 0 Å². The number of rotatable bonds is 1. The predicted molar refractivity (Wildman–Crippen MR) is 44.7 cm³/mol. The van der Waals surface area contributed by atoms with Gasteiger partial charge in [0.05, 0.1) is 6.04 Å². The molecule has 0 aromatic heterocycles. The summed E-state index contributed by atoms with van der Waals surface area (Å²) < 4.78 is 15.9. The van der Waals surface area contributed by atoms with Crippen molar-refractivity contribution in [1.29, 1.82) is 0 Å². The maximum atomic E-state index is 11.6. The van der Waals surface area contributed by atoms with Gasteiger partial charge >= 0.3 is 0 Å². The molecule has 1 fully saturated rings. The highest BCUT2D eigenvalue weighted by Crippen LogP contribution is 2.14. The molecule has 0 aliphatic carbocycles. The first-order valence-electron chi connectivity index (χ1n) is 3.84. The fourth-order valence-corrected chi connectivity index (χ4v) is 3.74. The van der Waals surface area contributed by atoms with E-state index in [1.807, 2.05) is 13.8 Å². The first-order valence-corrected chi connectivity index (χ1v) is 5.69. The van der Waals surface area contributed by atoms with Gasteiger partial charge in [0.25, 0.3) is 0 Å². The fourth-order valence-electron chi connectivity index (χ4n) is 1.25. The second-order valence-corrected chi connectivity index (χ2v) is 5.66. The Morgan fingerprint density at radius 3 is 2.20 bits per heavy atom. The molecule has 0 radical (unpaired) electrons. The van der Waals surface area contributed by atoms with E-state index in [1.54, 1.807) is 0 Å². The molecule has 2 nitrogen and oxygen atoms in total. The van der Waals surface area contributed by atoms with Crippen molar-refractivity contribution in [2.45, 2.75) is 32.7 Å². The molecule has 0 saturated carbocycles. The molecule has 3 heteroatoms. The Bertz CT molecular complexity index is 202. The predicted octanol–water partition coefficient (Wildman–Crippen LogP) is 1.66. The average molecular weight is 161 g/mol. The lowest BCUT2D eigenvalue weighted by Gasteiger charge is -2.01. The van der Waals surface area contributed by atoms with Crippen LogP contribution in [0, 0.1) is 0 Å². The third-order valence-electron chi connectivity index (χ3n) is 1.58. The molecule has 0 aromatic carbocycles. The van der Waals surface area contributed by atoms with Crippen molar-refractivity contribution in [3.63, 3.8) is 0 Å². The molecule has 60 valence electrons. The highest BCUT2D eigenvalue weighted by Gasteiger charge is 2.15. The van der Waals surface area contributed by atoms with Crippen LogP contribution in [0.4, 0.5) is 0 Å². The summed E-state index contributed by atoms with van der Waals surface area (Å²) in [5.74, 6) is 1.68. The van der Waals surface area contributed by atoms with Crippen LogP contribution in [0.1, 0.15) is 26.7 Å². The normalized spacial score (nSPS) is 23.5. The third-order valence-corrected chi connectivity index (χ3v) is 4.24. The summed E-state index contributed by atoms with van der Waals surface area (Å²) >= 11 is 0. The van der Waals surface area contributed by atoms with E-state index in [1.165, 1.54) is 0 Å². The zero-order valence-corrected chi connectivity index (χ0v) is 7.49. The third kappa shape index (κ3) is 1.97. The summed E-state index contributed by atoms with van der Waals surface area (Å²) in [7, 11) is -1.73. The maximum absolute atomic E-state index is 11.6. The zero-order chi connectivity index (χ0) is 7.61. The molecular formula is C7H15NOS. The molecule has 10 heavy (non-hydrogen) atoms. The smallest absolute Gasteiger partial charge is 0.0537 e. The Morgan fingerprint density at radius 2 is 1.80 bits per heavy atom. The van der Waals surface area contributed by atoms with Crippen LogP contribution in [0.15, 0.2) is 4.36 Å². The van der Waals surface area contributed by atoms with E-state index in [0.717, 1.165) is 24.3 Å². The highest BCUT2D eigenvalue weighted by atomic mass is 32.2. The lowest BCUT2D eigenvalue weighted by Crippen LogP contribution is -2.04. The summed E-state index contributed by atoms with van der Waals surface area (Å²) in [6, 6.07) is 0.241. The topological polar surface area (TPSA) is 29.4 Å². The molecule has 1 saturated heterocycles. The Hall–Kier alpha value is -0.0500. The minimum absolute atomic E-state index is 0.241. The monoisotopic (exact) mass is 161 g/mol. The summed E-state index contributed by atoms with van der Waals surface area (Å²) in [6.45, 7) is 3.98. The largest absolute Gasteiger partial charge is 0.250 e. The minimum atomic E-state index is -1.73. The Labute approximate surface area is 63.2 Å². The summed E-state index contributed by atoms with van der Waals surface area (Å²) in [5.41, 5.74) is 0. The maximum Gasteiger partial charge on any atom is 0.0537 e. The van der Waals surface area contributed by atoms with Crippen molar-refractivity contribution in [3.8, 4) is 0 Å². The minimum Gasteiger partial charge on any atom is -0.250 e. The van der Waals surface area contributed by atoms with Gasteiger partial charge in [-0.2, -0.15) is 0 Å². The van der Waals surface area contributed by atoms with Gasteiger partial charge in [0.1, 0.15) is 0 Å². The molecule has 0 N–H and O–H groups in total. The molecule has 1 rings (SSSR count). The van der Waals surface area contributed by atoms with E-state index in [0.29, 0.717) is 0 Å². The highest BCUT2D eigenvalue weighted by molar-refractivity contribution is 7.93. The van der Waals surface area contributed by atoms with Crippen LogP contribution in [-0.2, 0) is 9.73 Å². The number of hydrogen-bond donors (Lipinski definition) is 0. The van der Waals surface area contributed by atoms with Gasteiger partial charge in [-0.3, -0.25) is 0 Å². The molecular weight excluding hydrogens is 146 g/mol. The van der Waals surface area contributed by atoms with E-state index in [2.05, 4.69) is 4.36 Å². The lowest BCUT2D eigenvalue weighted by molar-refractivity contribution is 0.675. The number of nitrogens with zero attached hydrogens (tertiary/aromatic N) is 1. The lowest BCUT2D eigenvalue weighted by atomic mass is 10.4. The van der Waals surface area contributed by atoms with Crippen molar-refractivity contribution >= 4 is 9.73 Å². The van der Waals surface area contributed by atoms with Crippen molar-refractivity contribution in [1.82, 2.24) is 0 Å². The van der Waals surface area contributed by atoms with Gasteiger partial charge in [-0.15, -0.1) is 0 Å². The van der Waals surface area contributed by atoms with Crippen molar-refractivity contribution in [2.24, 2.45) is 4.36 Å². The van der Waals surface area contributed by atoms with Crippen LogP contribution in [0.3, 0.4) is 0 Å². The van der Waals surface area contributed by atoms with E-state index in [4.69, 9.17) is 0 Å². The summed E-state index contributed by atoms with van der Waals surface area (Å²) in [5, 5.41) is 0. The van der Waals surface area contributed by atoms with Crippen molar-refractivity contribution < 1.29 is 4.21 Å². The Kier molecular flexibility index (Phi) is 2.34. The number of hydrogen-bond acceptors (Lipinski definition) is 2.